The lowest BCUT2D eigenvalue weighted by Crippen LogP contribution is -2.33. The van der Waals surface area contributed by atoms with Crippen molar-refractivity contribution in [3.05, 3.63) is 121 Å². The van der Waals surface area contributed by atoms with Crippen LogP contribution in [0.15, 0.2) is 101 Å². The van der Waals surface area contributed by atoms with Crippen LogP contribution in [0.25, 0.3) is 10.8 Å². The summed E-state index contributed by atoms with van der Waals surface area (Å²) < 4.78 is 7.00. The molecular formula is C33H24N4O7S2. The van der Waals surface area contributed by atoms with Crippen LogP contribution < -0.4 is 19.8 Å². The number of thioether (sulfide) groups is 1. The number of carbonyl (C=O) groups excluding carboxylic acids is 3. The molecule has 11 nitrogen and oxygen atoms in total. The van der Waals surface area contributed by atoms with E-state index in [2.05, 4.69) is 5.32 Å². The largest absolute Gasteiger partial charge is 0.496 e. The van der Waals surface area contributed by atoms with Gasteiger partial charge in [0.15, 0.2) is 0 Å². The maximum absolute atomic E-state index is 14.1. The number of fused-ring (bicyclic) bond motifs is 3. The number of aromatic nitrogens is 1. The van der Waals surface area contributed by atoms with E-state index < -0.39 is 44.6 Å². The predicted octanol–water partition coefficient (Wildman–Crippen LogP) is 5.41. The van der Waals surface area contributed by atoms with Gasteiger partial charge in [0.05, 0.1) is 28.7 Å². The van der Waals surface area contributed by atoms with Crippen molar-refractivity contribution in [1.29, 1.82) is 0 Å². The molecule has 1 fully saturated rings. The zero-order chi connectivity index (χ0) is 32.1. The van der Waals surface area contributed by atoms with Crippen molar-refractivity contribution in [2.75, 3.05) is 17.3 Å². The number of para-hydroxylation sites is 1. The summed E-state index contributed by atoms with van der Waals surface area (Å²) in [6, 6.07) is 25.6. The van der Waals surface area contributed by atoms with E-state index in [0.29, 0.717) is 26.9 Å². The zero-order valence-corrected chi connectivity index (χ0v) is 25.7. The predicted molar refractivity (Wildman–Crippen MR) is 175 cm³/mol. The van der Waals surface area contributed by atoms with Crippen molar-refractivity contribution in [3.63, 3.8) is 0 Å². The number of methoxy groups -OCH3 is 1. The van der Waals surface area contributed by atoms with E-state index in [1.165, 1.54) is 35.9 Å². The number of thiazole rings is 1. The van der Waals surface area contributed by atoms with Crippen molar-refractivity contribution in [1.82, 2.24) is 4.57 Å². The number of carbonyl (C=O) groups is 3. The number of benzene rings is 4. The molecule has 3 atom stereocenters. The molecule has 0 radical (unpaired) electrons. The molecule has 0 bridgehead atoms. The third-order valence-corrected chi connectivity index (χ3v) is 10.8. The fourth-order valence-electron chi connectivity index (χ4n) is 6.10. The highest BCUT2D eigenvalue weighted by molar-refractivity contribution is 8.00. The maximum Gasteiger partial charge on any atom is 0.308 e. The van der Waals surface area contributed by atoms with Crippen LogP contribution in [0, 0.1) is 16.0 Å². The van der Waals surface area contributed by atoms with Crippen LogP contribution in [-0.2, 0) is 20.9 Å². The minimum absolute atomic E-state index is 0.172. The molecule has 5 aromatic rings. The molecule has 13 heteroatoms. The van der Waals surface area contributed by atoms with Gasteiger partial charge >= 0.3 is 4.87 Å². The Morgan fingerprint density at radius 2 is 1.65 bits per heavy atom. The highest BCUT2D eigenvalue weighted by atomic mass is 32.2. The zero-order valence-electron chi connectivity index (χ0n) is 24.1. The maximum atomic E-state index is 14.1. The number of ether oxygens (including phenoxy) is 1. The summed E-state index contributed by atoms with van der Waals surface area (Å²) in [5.74, 6) is -2.55. The molecule has 1 saturated heterocycles. The summed E-state index contributed by atoms with van der Waals surface area (Å²) in [5, 5.41) is 15.6. The topological polar surface area (TPSA) is 141 Å². The van der Waals surface area contributed by atoms with Gasteiger partial charge in [0.25, 0.3) is 5.69 Å². The summed E-state index contributed by atoms with van der Waals surface area (Å²) in [5.41, 5.74) is 1.25. The van der Waals surface area contributed by atoms with Gasteiger partial charge < -0.3 is 10.1 Å². The second-order valence-electron chi connectivity index (χ2n) is 10.8. The number of non-ortho nitro benzene ring substituents is 1. The van der Waals surface area contributed by atoms with Crippen molar-refractivity contribution >= 4 is 68.7 Å². The molecule has 7 rings (SSSR count). The highest BCUT2D eigenvalue weighted by Gasteiger charge is 2.57. The number of nitro groups is 1. The van der Waals surface area contributed by atoms with Crippen LogP contribution in [0.4, 0.5) is 17.1 Å². The van der Waals surface area contributed by atoms with Crippen LogP contribution in [-0.4, -0.2) is 39.6 Å². The van der Waals surface area contributed by atoms with E-state index in [4.69, 9.17) is 4.74 Å². The fraction of sp³-hybridized carbons (Fsp3) is 0.152. The van der Waals surface area contributed by atoms with Crippen LogP contribution in [0.3, 0.4) is 0 Å². The quantitative estimate of drug-likeness (QED) is 0.140. The first-order chi connectivity index (χ1) is 22.2. The third kappa shape index (κ3) is 4.93. The lowest BCUT2D eigenvalue weighted by molar-refractivity contribution is -0.384. The lowest BCUT2D eigenvalue weighted by atomic mass is 9.82. The second-order valence-corrected chi connectivity index (χ2v) is 12.9. The SMILES string of the molecule is COc1ccccc1[C@@H]1c2sc(=O)n(CC(=O)Nc3ccc4ccccc4c3)c2S[C@H]2C(=O)N(c3ccc([N+](=O)[O-])cc3)C(=O)[C@@H]12. The standard InChI is InChI=1S/C33H24N4O7S2/c1-44-24-9-5-4-8-23(24)26-27-28(31(40)36(30(27)39)21-12-14-22(15-13-21)37(42)43)45-32-29(26)46-33(41)35(32)17-25(38)34-20-11-10-18-6-2-3-7-19(18)16-20/h2-16,26-28H,17H2,1H3,(H,34,38)/t26-,27-,28+/m0/s1. The van der Waals surface area contributed by atoms with Gasteiger partial charge in [-0.15, -0.1) is 0 Å². The third-order valence-electron chi connectivity index (χ3n) is 8.18. The number of imide groups is 1. The Hall–Kier alpha value is -5.27. The van der Waals surface area contributed by atoms with E-state index in [0.717, 1.165) is 38.8 Å². The monoisotopic (exact) mass is 652 g/mol. The molecule has 3 amide bonds. The van der Waals surface area contributed by atoms with Gasteiger partial charge in [-0.2, -0.15) is 0 Å². The number of amides is 3. The minimum atomic E-state index is -0.922. The Morgan fingerprint density at radius 1 is 0.935 bits per heavy atom. The van der Waals surface area contributed by atoms with E-state index in [9.17, 15) is 29.3 Å². The molecule has 0 saturated carbocycles. The molecule has 2 aliphatic heterocycles. The Kier molecular flexibility index (Phi) is 7.41. The number of anilines is 2. The van der Waals surface area contributed by atoms with Crippen molar-refractivity contribution in [2.45, 2.75) is 22.7 Å². The van der Waals surface area contributed by atoms with Gasteiger partial charge in [0.1, 0.15) is 17.5 Å². The number of hydrogen-bond acceptors (Lipinski definition) is 9. The van der Waals surface area contributed by atoms with Gasteiger partial charge in [-0.3, -0.25) is 33.9 Å². The van der Waals surface area contributed by atoms with Crippen molar-refractivity contribution in [2.24, 2.45) is 5.92 Å². The number of nitro benzene ring substituents is 1. The average molecular weight is 653 g/mol. The van der Waals surface area contributed by atoms with E-state index in [1.807, 2.05) is 36.4 Å². The molecule has 0 spiro atoms. The van der Waals surface area contributed by atoms with E-state index in [1.54, 1.807) is 30.3 Å². The van der Waals surface area contributed by atoms with Gasteiger partial charge in [-0.05, 0) is 41.1 Å². The number of nitrogens with one attached hydrogen (secondary N) is 1. The van der Waals surface area contributed by atoms with Crippen molar-refractivity contribution < 1.29 is 24.0 Å². The summed E-state index contributed by atoms with van der Waals surface area (Å²) in [7, 11) is 1.50. The lowest BCUT2D eigenvalue weighted by Gasteiger charge is -2.31. The van der Waals surface area contributed by atoms with E-state index >= 15 is 0 Å². The van der Waals surface area contributed by atoms with E-state index in [-0.39, 0.29) is 17.9 Å². The van der Waals surface area contributed by atoms with Crippen LogP contribution in [0.2, 0.25) is 0 Å². The van der Waals surface area contributed by atoms with Crippen LogP contribution in [0.1, 0.15) is 16.4 Å². The summed E-state index contributed by atoms with van der Waals surface area (Å²) in [4.78, 5) is 66.7. The molecule has 2 aliphatic rings. The number of rotatable bonds is 7. The summed E-state index contributed by atoms with van der Waals surface area (Å²) >= 11 is 2.03. The van der Waals surface area contributed by atoms with Crippen LogP contribution >= 0.6 is 23.1 Å². The normalized spacial score (nSPS) is 18.7. The molecule has 4 aromatic carbocycles. The fourth-order valence-corrected chi connectivity index (χ4v) is 8.87. The molecular weight excluding hydrogens is 629 g/mol. The molecule has 0 aliphatic carbocycles. The van der Waals surface area contributed by atoms with Crippen LogP contribution in [0.5, 0.6) is 5.75 Å². The first-order valence-electron chi connectivity index (χ1n) is 14.2. The molecule has 230 valence electrons. The van der Waals surface area contributed by atoms with Gasteiger partial charge in [0, 0.05) is 34.2 Å². The highest BCUT2D eigenvalue weighted by Crippen LogP contribution is 2.55. The first-order valence-corrected chi connectivity index (χ1v) is 15.9. The molecule has 1 N–H and O–H groups in total. The smallest absolute Gasteiger partial charge is 0.308 e. The summed E-state index contributed by atoms with van der Waals surface area (Å²) in [6.07, 6.45) is 0. The van der Waals surface area contributed by atoms with Gasteiger partial charge in [-0.1, -0.05) is 71.6 Å². The first kappa shape index (κ1) is 29.4. The summed E-state index contributed by atoms with van der Waals surface area (Å²) in [6.45, 7) is -0.297. The minimum Gasteiger partial charge on any atom is -0.496 e. The Balaban J connectivity index is 1.27. The van der Waals surface area contributed by atoms with Crippen molar-refractivity contribution in [3.8, 4) is 5.75 Å². The molecule has 0 unspecified atom stereocenters. The number of nitrogens with zero attached hydrogens (tertiary/aromatic N) is 3. The number of hydrogen-bond donors (Lipinski definition) is 1. The van der Waals surface area contributed by atoms with Gasteiger partial charge in [0.2, 0.25) is 17.7 Å². The average Bonchev–Trinajstić information content (AvgIpc) is 3.50. The molecule has 46 heavy (non-hydrogen) atoms. The van der Waals surface area contributed by atoms with Gasteiger partial charge in [-0.25, -0.2) is 4.90 Å². The molecule has 3 heterocycles. The Bertz CT molecular complexity index is 2120. The Labute approximate surface area is 269 Å². The Morgan fingerprint density at radius 3 is 2.39 bits per heavy atom. The second kappa shape index (κ2) is 11.6. The molecule has 1 aromatic heterocycles.